The monoisotopic (exact) mass is 268 g/mol. The van der Waals surface area contributed by atoms with E-state index in [1.165, 1.54) is 11.0 Å². The third kappa shape index (κ3) is 3.48. The predicted octanol–water partition coefficient (Wildman–Crippen LogP) is 2.99. The Morgan fingerprint density at radius 2 is 2.06 bits per heavy atom. The van der Waals surface area contributed by atoms with E-state index in [2.05, 4.69) is 0 Å². The first-order valence-electron chi connectivity index (χ1n) is 4.74. The second-order valence-electron chi connectivity index (χ2n) is 3.54. The lowest BCUT2D eigenvalue weighted by molar-refractivity contribution is -0.124. The van der Waals surface area contributed by atoms with E-state index in [4.69, 9.17) is 28.5 Å². The first-order chi connectivity index (χ1) is 7.95. The SMILES string of the molecule is CN(C)C(=O)/C(C#N)=C/c1ccc(Cl)cc1Cl. The summed E-state index contributed by atoms with van der Waals surface area (Å²) in [5.74, 6) is -0.362. The summed E-state index contributed by atoms with van der Waals surface area (Å²) in [7, 11) is 3.16. The lowest BCUT2D eigenvalue weighted by Gasteiger charge is -2.08. The summed E-state index contributed by atoms with van der Waals surface area (Å²) >= 11 is 11.7. The second-order valence-corrected chi connectivity index (χ2v) is 4.38. The third-order valence-electron chi connectivity index (χ3n) is 2.02. The van der Waals surface area contributed by atoms with E-state index in [0.717, 1.165) is 0 Å². The number of likely N-dealkylation sites (N-methyl/N-ethyl adjacent to an activating group) is 1. The van der Waals surface area contributed by atoms with Gasteiger partial charge in [0.1, 0.15) is 11.6 Å². The molecule has 0 aliphatic carbocycles. The quantitative estimate of drug-likeness (QED) is 0.612. The van der Waals surface area contributed by atoms with Crippen LogP contribution in [0.25, 0.3) is 6.08 Å². The molecule has 0 aromatic heterocycles. The molecule has 88 valence electrons. The Bertz CT molecular complexity index is 516. The van der Waals surface area contributed by atoms with Crippen molar-refractivity contribution in [2.75, 3.05) is 14.1 Å². The highest BCUT2D eigenvalue weighted by atomic mass is 35.5. The van der Waals surface area contributed by atoms with E-state index < -0.39 is 0 Å². The van der Waals surface area contributed by atoms with Gasteiger partial charge in [0.15, 0.2) is 0 Å². The molecule has 0 N–H and O–H groups in total. The summed E-state index contributed by atoms with van der Waals surface area (Å²) in [4.78, 5) is 13.0. The Kier molecular flexibility index (Phi) is 4.56. The van der Waals surface area contributed by atoms with Crippen LogP contribution < -0.4 is 0 Å². The molecule has 0 spiro atoms. The van der Waals surface area contributed by atoms with Crippen LogP contribution in [0.15, 0.2) is 23.8 Å². The minimum absolute atomic E-state index is 0.0271. The predicted molar refractivity (Wildman–Crippen MR) is 68.7 cm³/mol. The van der Waals surface area contributed by atoms with Crippen LogP contribution in [0, 0.1) is 11.3 Å². The van der Waals surface area contributed by atoms with Crippen LogP contribution in [0.2, 0.25) is 10.0 Å². The molecule has 5 heteroatoms. The molecule has 0 unspecified atom stereocenters. The second kappa shape index (κ2) is 5.72. The van der Waals surface area contributed by atoms with Gasteiger partial charge in [0.05, 0.1) is 0 Å². The summed E-state index contributed by atoms with van der Waals surface area (Å²) in [6.45, 7) is 0. The van der Waals surface area contributed by atoms with Crippen molar-refractivity contribution in [1.29, 1.82) is 5.26 Å². The number of amides is 1. The number of nitriles is 1. The van der Waals surface area contributed by atoms with E-state index in [9.17, 15) is 4.79 Å². The van der Waals surface area contributed by atoms with Crippen molar-refractivity contribution < 1.29 is 4.79 Å². The fourth-order valence-electron chi connectivity index (χ4n) is 1.16. The maximum absolute atomic E-state index is 11.6. The maximum Gasteiger partial charge on any atom is 0.264 e. The van der Waals surface area contributed by atoms with Gasteiger partial charge in [-0.1, -0.05) is 29.3 Å². The van der Waals surface area contributed by atoms with Crippen LogP contribution in [0.5, 0.6) is 0 Å². The molecule has 1 aromatic carbocycles. The Labute approximate surface area is 110 Å². The van der Waals surface area contributed by atoms with Crippen LogP contribution >= 0.6 is 23.2 Å². The number of carbonyl (C=O) groups excluding carboxylic acids is 1. The number of rotatable bonds is 2. The molecule has 1 amide bonds. The number of carbonyl (C=O) groups is 1. The van der Waals surface area contributed by atoms with E-state index >= 15 is 0 Å². The molecular formula is C12H10Cl2N2O. The summed E-state index contributed by atoms with van der Waals surface area (Å²) in [5.41, 5.74) is 0.613. The first-order valence-corrected chi connectivity index (χ1v) is 5.50. The van der Waals surface area contributed by atoms with Crippen LogP contribution in [0.1, 0.15) is 5.56 Å². The molecular weight excluding hydrogens is 259 g/mol. The number of halogens is 2. The zero-order valence-corrected chi connectivity index (χ0v) is 10.9. The van der Waals surface area contributed by atoms with Gasteiger partial charge in [-0.2, -0.15) is 5.26 Å². The average Bonchev–Trinajstić information content (AvgIpc) is 2.27. The lowest BCUT2D eigenvalue weighted by Crippen LogP contribution is -2.22. The Hall–Kier alpha value is -1.50. The third-order valence-corrected chi connectivity index (χ3v) is 2.58. The van der Waals surface area contributed by atoms with Crippen molar-refractivity contribution in [1.82, 2.24) is 4.90 Å². The molecule has 0 aliphatic heterocycles. The minimum atomic E-state index is -0.362. The van der Waals surface area contributed by atoms with Gasteiger partial charge in [-0.3, -0.25) is 4.79 Å². The number of benzene rings is 1. The number of hydrogen-bond donors (Lipinski definition) is 0. The van der Waals surface area contributed by atoms with Gasteiger partial charge in [-0.25, -0.2) is 0 Å². The zero-order valence-electron chi connectivity index (χ0n) is 9.37. The van der Waals surface area contributed by atoms with Crippen LogP contribution in [0.4, 0.5) is 0 Å². The molecule has 0 heterocycles. The largest absolute Gasteiger partial charge is 0.344 e. The van der Waals surface area contributed by atoms with Crippen LogP contribution in [-0.2, 0) is 4.79 Å². The molecule has 3 nitrogen and oxygen atoms in total. The maximum atomic E-state index is 11.6. The highest BCUT2D eigenvalue weighted by Gasteiger charge is 2.11. The fraction of sp³-hybridized carbons (Fsp3) is 0.167. The number of nitrogens with zero attached hydrogens (tertiary/aromatic N) is 2. The van der Waals surface area contributed by atoms with E-state index in [1.807, 2.05) is 6.07 Å². The van der Waals surface area contributed by atoms with E-state index in [-0.39, 0.29) is 11.5 Å². The molecule has 0 saturated carbocycles. The topological polar surface area (TPSA) is 44.1 Å². The Balaban J connectivity index is 3.17. The smallest absolute Gasteiger partial charge is 0.264 e. The molecule has 1 rings (SSSR count). The standard InChI is InChI=1S/C12H10Cl2N2O/c1-16(2)12(17)9(7-15)5-8-3-4-10(13)6-11(8)14/h3-6H,1-2H3/b9-5+. The molecule has 17 heavy (non-hydrogen) atoms. The molecule has 0 atom stereocenters. The highest BCUT2D eigenvalue weighted by Crippen LogP contribution is 2.23. The molecule has 1 aromatic rings. The van der Waals surface area contributed by atoms with Crippen molar-refractivity contribution in [3.63, 3.8) is 0 Å². The summed E-state index contributed by atoms with van der Waals surface area (Å²) in [6, 6.07) is 6.72. The van der Waals surface area contributed by atoms with Gasteiger partial charge in [-0.15, -0.1) is 0 Å². The van der Waals surface area contributed by atoms with Crippen molar-refractivity contribution in [3.8, 4) is 6.07 Å². The first kappa shape index (κ1) is 13.6. The van der Waals surface area contributed by atoms with E-state index in [1.54, 1.807) is 32.3 Å². The summed E-state index contributed by atoms with van der Waals surface area (Å²) in [5, 5.41) is 9.82. The van der Waals surface area contributed by atoms with E-state index in [0.29, 0.717) is 15.6 Å². The van der Waals surface area contributed by atoms with Gasteiger partial charge >= 0.3 is 0 Å². The number of hydrogen-bond acceptors (Lipinski definition) is 2. The Morgan fingerprint density at radius 3 is 2.53 bits per heavy atom. The molecule has 0 bridgehead atoms. The Morgan fingerprint density at radius 1 is 1.41 bits per heavy atom. The fourth-order valence-corrected chi connectivity index (χ4v) is 1.62. The van der Waals surface area contributed by atoms with Crippen molar-refractivity contribution >= 4 is 35.2 Å². The zero-order chi connectivity index (χ0) is 13.0. The molecule has 0 aliphatic rings. The van der Waals surface area contributed by atoms with Gasteiger partial charge < -0.3 is 4.90 Å². The summed E-state index contributed by atoms with van der Waals surface area (Å²) < 4.78 is 0. The highest BCUT2D eigenvalue weighted by molar-refractivity contribution is 6.35. The molecule has 0 saturated heterocycles. The summed E-state index contributed by atoms with van der Waals surface area (Å²) in [6.07, 6.45) is 1.45. The molecule has 0 radical (unpaired) electrons. The van der Waals surface area contributed by atoms with Crippen molar-refractivity contribution in [2.24, 2.45) is 0 Å². The van der Waals surface area contributed by atoms with Crippen molar-refractivity contribution in [2.45, 2.75) is 0 Å². The normalized spacial score (nSPS) is 10.9. The lowest BCUT2D eigenvalue weighted by atomic mass is 10.1. The van der Waals surface area contributed by atoms with Gasteiger partial charge in [0, 0.05) is 24.1 Å². The van der Waals surface area contributed by atoms with Gasteiger partial charge in [0.2, 0.25) is 0 Å². The van der Waals surface area contributed by atoms with Gasteiger partial charge in [-0.05, 0) is 23.8 Å². The van der Waals surface area contributed by atoms with Crippen LogP contribution in [0.3, 0.4) is 0 Å². The molecule has 0 fully saturated rings. The average molecular weight is 269 g/mol. The minimum Gasteiger partial charge on any atom is -0.344 e. The van der Waals surface area contributed by atoms with Gasteiger partial charge in [0.25, 0.3) is 5.91 Å². The van der Waals surface area contributed by atoms with Crippen LogP contribution in [-0.4, -0.2) is 24.9 Å². The van der Waals surface area contributed by atoms with Crippen molar-refractivity contribution in [3.05, 3.63) is 39.4 Å².